The Morgan fingerprint density at radius 2 is 1.00 bits per heavy atom. The first-order chi connectivity index (χ1) is 11.3. The molecule has 0 spiro atoms. The van der Waals surface area contributed by atoms with Gasteiger partial charge in [0.25, 0.3) is 0 Å². The predicted octanol–water partition coefficient (Wildman–Crippen LogP) is 4.60. The molecule has 0 fully saturated rings. The molecule has 0 saturated carbocycles. The summed E-state index contributed by atoms with van der Waals surface area (Å²) in [6.45, 7) is 0.607. The van der Waals surface area contributed by atoms with E-state index >= 15 is 0 Å². The van der Waals surface area contributed by atoms with Crippen LogP contribution in [0.25, 0.3) is 0 Å². The van der Waals surface area contributed by atoms with Gasteiger partial charge in [0.1, 0.15) is 0 Å². The molecule has 0 aromatic carbocycles. The van der Waals surface area contributed by atoms with Crippen molar-refractivity contribution in [3.05, 3.63) is 12.2 Å². The summed E-state index contributed by atoms with van der Waals surface area (Å²) in [4.78, 5) is 0. The maximum Gasteiger partial charge on any atom is 0.0612 e. The first-order valence-electron chi connectivity index (χ1n) is 9.84. The first-order valence-corrected chi connectivity index (χ1v) is 9.84. The highest BCUT2D eigenvalue weighted by Crippen LogP contribution is 2.15. The fraction of sp³-hybridized carbons (Fsp3) is 0.900. The van der Waals surface area contributed by atoms with E-state index in [1.807, 2.05) is 6.08 Å². The van der Waals surface area contributed by atoms with E-state index in [9.17, 15) is 5.11 Å². The summed E-state index contributed by atoms with van der Waals surface area (Å²) in [5.74, 6) is 0.222. The molecule has 138 valence electrons. The number of aliphatic hydroxyl groups is 3. The van der Waals surface area contributed by atoms with Crippen LogP contribution in [0, 0.1) is 5.92 Å². The highest BCUT2D eigenvalue weighted by molar-refractivity contribution is 4.87. The molecule has 3 nitrogen and oxygen atoms in total. The first kappa shape index (κ1) is 22.6. The molecule has 3 heteroatoms. The van der Waals surface area contributed by atoms with Gasteiger partial charge in [-0.3, -0.25) is 0 Å². The zero-order valence-electron chi connectivity index (χ0n) is 15.1. The van der Waals surface area contributed by atoms with E-state index in [4.69, 9.17) is 10.2 Å². The average molecular weight is 329 g/mol. The maximum atomic E-state index is 9.21. The van der Waals surface area contributed by atoms with Crippen LogP contribution in [0.2, 0.25) is 0 Å². The van der Waals surface area contributed by atoms with Crippen LogP contribution in [0.1, 0.15) is 89.9 Å². The van der Waals surface area contributed by atoms with E-state index in [0.29, 0.717) is 6.61 Å². The molecule has 0 rings (SSSR count). The lowest BCUT2D eigenvalue weighted by atomic mass is 10.00. The van der Waals surface area contributed by atoms with Gasteiger partial charge in [0, 0.05) is 13.2 Å². The van der Waals surface area contributed by atoms with Crippen LogP contribution in [0.3, 0.4) is 0 Å². The quantitative estimate of drug-likeness (QED) is 0.255. The van der Waals surface area contributed by atoms with Crippen LogP contribution >= 0.6 is 0 Å². The van der Waals surface area contributed by atoms with Crippen molar-refractivity contribution in [3.63, 3.8) is 0 Å². The van der Waals surface area contributed by atoms with Gasteiger partial charge >= 0.3 is 0 Å². The zero-order valence-corrected chi connectivity index (χ0v) is 15.1. The average Bonchev–Trinajstić information content (AvgIpc) is 2.57. The van der Waals surface area contributed by atoms with Crippen LogP contribution in [-0.4, -0.2) is 35.1 Å². The number of hydrogen-bond donors (Lipinski definition) is 3. The number of aliphatic hydroxyl groups excluding tert-OH is 3. The monoisotopic (exact) mass is 328 g/mol. The summed E-state index contributed by atoms with van der Waals surface area (Å²) in [5.41, 5.74) is 0. The van der Waals surface area contributed by atoms with Crippen molar-refractivity contribution in [1.29, 1.82) is 0 Å². The minimum Gasteiger partial charge on any atom is -0.396 e. The molecular weight excluding hydrogens is 288 g/mol. The van der Waals surface area contributed by atoms with Gasteiger partial charge in [-0.25, -0.2) is 0 Å². The molecule has 1 atom stereocenters. The summed E-state index contributed by atoms with van der Waals surface area (Å²) in [7, 11) is 0. The second-order valence-corrected chi connectivity index (χ2v) is 6.66. The Morgan fingerprint density at radius 1 is 0.565 bits per heavy atom. The Morgan fingerprint density at radius 3 is 1.39 bits per heavy atom. The van der Waals surface area contributed by atoms with Crippen LogP contribution in [0.15, 0.2) is 12.2 Å². The second-order valence-electron chi connectivity index (χ2n) is 6.66. The molecule has 0 aromatic heterocycles. The molecule has 1 unspecified atom stereocenters. The van der Waals surface area contributed by atoms with Gasteiger partial charge in [-0.15, -0.1) is 0 Å². The lowest BCUT2D eigenvalue weighted by Gasteiger charge is -2.08. The van der Waals surface area contributed by atoms with Crippen molar-refractivity contribution in [1.82, 2.24) is 0 Å². The molecular formula is C20H40O3. The third-order valence-corrected chi connectivity index (χ3v) is 4.48. The van der Waals surface area contributed by atoms with Gasteiger partial charge in [0.05, 0.1) is 6.61 Å². The SMILES string of the molecule is OCC=CC(CO)CCCCCCCCCCCCCCCO. The fourth-order valence-corrected chi connectivity index (χ4v) is 2.96. The summed E-state index contributed by atoms with van der Waals surface area (Å²) in [6, 6.07) is 0. The normalized spacial score (nSPS) is 13.0. The number of hydrogen-bond acceptors (Lipinski definition) is 3. The molecule has 0 heterocycles. The zero-order chi connectivity index (χ0) is 17.0. The molecule has 0 aliphatic rings. The van der Waals surface area contributed by atoms with Gasteiger partial charge in [-0.2, -0.15) is 0 Å². The van der Waals surface area contributed by atoms with Gasteiger partial charge in [0.15, 0.2) is 0 Å². The summed E-state index contributed by atoms with van der Waals surface area (Å²) >= 11 is 0. The van der Waals surface area contributed by atoms with Gasteiger partial charge < -0.3 is 15.3 Å². The minimum absolute atomic E-state index is 0.0686. The van der Waals surface area contributed by atoms with Crippen molar-refractivity contribution in [2.75, 3.05) is 19.8 Å². The fourth-order valence-electron chi connectivity index (χ4n) is 2.96. The van der Waals surface area contributed by atoms with Gasteiger partial charge in [-0.1, -0.05) is 89.2 Å². The number of rotatable bonds is 18. The lowest BCUT2D eigenvalue weighted by Crippen LogP contribution is -2.02. The van der Waals surface area contributed by atoms with Crippen molar-refractivity contribution >= 4 is 0 Å². The van der Waals surface area contributed by atoms with E-state index in [1.165, 1.54) is 77.0 Å². The van der Waals surface area contributed by atoms with Crippen molar-refractivity contribution in [2.45, 2.75) is 89.9 Å². The van der Waals surface area contributed by atoms with E-state index in [1.54, 1.807) is 6.08 Å². The van der Waals surface area contributed by atoms with Crippen LogP contribution in [0.4, 0.5) is 0 Å². The van der Waals surface area contributed by atoms with E-state index in [-0.39, 0.29) is 19.1 Å². The predicted molar refractivity (Wildman–Crippen MR) is 98.5 cm³/mol. The standard InChI is InChI=1S/C20H40O3/c21-17-13-11-9-7-5-3-1-2-4-6-8-10-12-15-20(19-23)16-14-18-22/h14,16,20-23H,1-13,15,17-19H2. The van der Waals surface area contributed by atoms with Crippen LogP contribution in [0.5, 0.6) is 0 Å². The van der Waals surface area contributed by atoms with Gasteiger partial charge in [0.2, 0.25) is 0 Å². The third kappa shape index (κ3) is 17.8. The van der Waals surface area contributed by atoms with E-state index in [2.05, 4.69) is 0 Å². The summed E-state index contributed by atoms with van der Waals surface area (Å²) < 4.78 is 0. The molecule has 0 saturated heterocycles. The number of unbranched alkanes of at least 4 members (excludes halogenated alkanes) is 12. The van der Waals surface area contributed by atoms with E-state index < -0.39 is 0 Å². The van der Waals surface area contributed by atoms with E-state index in [0.717, 1.165) is 12.8 Å². The van der Waals surface area contributed by atoms with Crippen LogP contribution < -0.4 is 0 Å². The highest BCUT2D eigenvalue weighted by atomic mass is 16.3. The molecule has 3 N–H and O–H groups in total. The molecule has 0 aromatic rings. The second kappa shape index (κ2) is 19.7. The Labute approximate surface area is 143 Å². The van der Waals surface area contributed by atoms with Crippen LogP contribution in [-0.2, 0) is 0 Å². The maximum absolute atomic E-state index is 9.21. The highest BCUT2D eigenvalue weighted by Gasteiger charge is 2.02. The smallest absolute Gasteiger partial charge is 0.0612 e. The topological polar surface area (TPSA) is 60.7 Å². The third-order valence-electron chi connectivity index (χ3n) is 4.48. The lowest BCUT2D eigenvalue weighted by molar-refractivity contribution is 0.242. The van der Waals surface area contributed by atoms with Crippen molar-refractivity contribution in [3.8, 4) is 0 Å². The molecule has 0 bridgehead atoms. The molecule has 0 amide bonds. The minimum atomic E-state index is 0.0686. The Balaban J connectivity index is 3.17. The summed E-state index contributed by atoms with van der Waals surface area (Å²) in [5, 5.41) is 26.6. The molecule has 0 radical (unpaired) electrons. The Bertz CT molecular complexity index is 241. The molecule has 0 aliphatic carbocycles. The van der Waals surface area contributed by atoms with Crippen molar-refractivity contribution < 1.29 is 15.3 Å². The summed E-state index contributed by atoms with van der Waals surface area (Å²) in [6.07, 6.45) is 21.4. The Hall–Kier alpha value is -0.380. The van der Waals surface area contributed by atoms with Crippen molar-refractivity contribution in [2.24, 2.45) is 5.92 Å². The van der Waals surface area contributed by atoms with Gasteiger partial charge in [-0.05, 0) is 18.8 Å². The molecule has 23 heavy (non-hydrogen) atoms. The largest absolute Gasteiger partial charge is 0.396 e. The molecule has 0 aliphatic heterocycles. The Kier molecular flexibility index (Phi) is 19.3.